The summed E-state index contributed by atoms with van der Waals surface area (Å²) in [5.74, 6) is 2.69. The highest BCUT2D eigenvalue weighted by atomic mass is 16.5. The maximum atomic E-state index is 5.95. The fourth-order valence-corrected chi connectivity index (χ4v) is 3.40. The van der Waals surface area contributed by atoms with Gasteiger partial charge in [-0.25, -0.2) is 4.98 Å². The van der Waals surface area contributed by atoms with Gasteiger partial charge in [-0.15, -0.1) is 0 Å². The molecule has 3 aromatic rings. The quantitative estimate of drug-likeness (QED) is 0.643. The van der Waals surface area contributed by atoms with Crippen molar-refractivity contribution in [3.05, 3.63) is 54.4 Å². The van der Waals surface area contributed by atoms with Crippen molar-refractivity contribution in [2.24, 2.45) is 0 Å². The Bertz CT molecular complexity index is 887. The molecule has 1 fully saturated rings. The van der Waals surface area contributed by atoms with E-state index in [0.29, 0.717) is 6.61 Å². The molecule has 142 valence electrons. The molecule has 6 nitrogen and oxygen atoms in total. The van der Waals surface area contributed by atoms with Gasteiger partial charge >= 0.3 is 0 Å². The van der Waals surface area contributed by atoms with Gasteiger partial charge < -0.3 is 18.8 Å². The minimum atomic E-state index is 0.573. The first kappa shape index (κ1) is 17.8. The summed E-state index contributed by atoms with van der Waals surface area (Å²) in [7, 11) is 1.66. The van der Waals surface area contributed by atoms with Gasteiger partial charge in [0.05, 0.1) is 44.4 Å². The summed E-state index contributed by atoms with van der Waals surface area (Å²) in [4.78, 5) is 7.26. The van der Waals surface area contributed by atoms with E-state index in [1.54, 1.807) is 7.11 Å². The maximum absolute atomic E-state index is 5.95. The smallest absolute Gasteiger partial charge is 0.124 e. The largest absolute Gasteiger partial charge is 0.497 e. The van der Waals surface area contributed by atoms with Gasteiger partial charge in [-0.1, -0.05) is 18.2 Å². The molecule has 0 aliphatic carbocycles. The minimum absolute atomic E-state index is 0.573. The molecule has 0 radical (unpaired) electrons. The van der Waals surface area contributed by atoms with Crippen LogP contribution in [0.5, 0.6) is 11.5 Å². The standard InChI is InChI=1S/C21H25N3O3/c1-25-17-5-4-6-18(15-17)27-14-11-24-20-8-3-2-7-19(20)22-21(24)16-23-9-12-26-13-10-23/h2-8,15H,9-14,16H2,1H3. The normalized spacial score (nSPS) is 15.1. The third-order valence-corrected chi connectivity index (χ3v) is 4.83. The molecule has 1 aromatic heterocycles. The number of rotatable bonds is 7. The first-order valence-corrected chi connectivity index (χ1v) is 9.34. The van der Waals surface area contributed by atoms with Crippen LogP contribution in [0.25, 0.3) is 11.0 Å². The predicted octanol–water partition coefficient (Wildman–Crippen LogP) is 2.96. The van der Waals surface area contributed by atoms with Crippen LogP contribution in [0.2, 0.25) is 0 Å². The van der Waals surface area contributed by atoms with E-state index in [2.05, 4.69) is 27.7 Å². The van der Waals surface area contributed by atoms with Crippen LogP contribution < -0.4 is 9.47 Å². The number of ether oxygens (including phenoxy) is 3. The van der Waals surface area contributed by atoms with Gasteiger partial charge in [0, 0.05) is 19.2 Å². The van der Waals surface area contributed by atoms with Gasteiger partial charge in [0.2, 0.25) is 0 Å². The molecule has 0 spiro atoms. The maximum Gasteiger partial charge on any atom is 0.124 e. The fourth-order valence-electron chi connectivity index (χ4n) is 3.40. The van der Waals surface area contributed by atoms with Crippen LogP contribution in [0.4, 0.5) is 0 Å². The number of morpholine rings is 1. The van der Waals surface area contributed by atoms with Crippen LogP contribution in [0, 0.1) is 0 Å². The summed E-state index contributed by atoms with van der Waals surface area (Å²) in [5, 5.41) is 0. The van der Waals surface area contributed by atoms with E-state index >= 15 is 0 Å². The summed E-state index contributed by atoms with van der Waals surface area (Å²) >= 11 is 0. The fraction of sp³-hybridized carbons (Fsp3) is 0.381. The van der Waals surface area contributed by atoms with Crippen LogP contribution in [-0.4, -0.2) is 54.5 Å². The van der Waals surface area contributed by atoms with E-state index in [1.165, 1.54) is 0 Å². The van der Waals surface area contributed by atoms with E-state index < -0.39 is 0 Å². The SMILES string of the molecule is COc1cccc(OCCn2c(CN3CCOCC3)nc3ccccc32)c1. The zero-order valence-corrected chi connectivity index (χ0v) is 15.6. The van der Waals surface area contributed by atoms with Gasteiger partial charge in [-0.2, -0.15) is 0 Å². The van der Waals surface area contributed by atoms with Crippen molar-refractivity contribution in [2.75, 3.05) is 40.0 Å². The van der Waals surface area contributed by atoms with Crippen molar-refractivity contribution in [3.63, 3.8) is 0 Å². The highest BCUT2D eigenvalue weighted by molar-refractivity contribution is 5.75. The predicted molar refractivity (Wildman–Crippen MR) is 104 cm³/mol. The van der Waals surface area contributed by atoms with E-state index in [9.17, 15) is 0 Å². The molecular formula is C21H25N3O3. The van der Waals surface area contributed by atoms with E-state index in [0.717, 1.165) is 67.7 Å². The summed E-state index contributed by atoms with van der Waals surface area (Å²) in [6, 6.07) is 16.0. The number of nitrogens with zero attached hydrogens (tertiary/aromatic N) is 3. The summed E-state index contributed by atoms with van der Waals surface area (Å²) < 4.78 is 18.9. The van der Waals surface area contributed by atoms with Gasteiger partial charge in [0.15, 0.2) is 0 Å². The van der Waals surface area contributed by atoms with Crippen molar-refractivity contribution in [3.8, 4) is 11.5 Å². The number of para-hydroxylation sites is 2. The van der Waals surface area contributed by atoms with E-state index in [4.69, 9.17) is 19.2 Å². The molecule has 0 unspecified atom stereocenters. The van der Waals surface area contributed by atoms with Crippen LogP contribution in [0.15, 0.2) is 48.5 Å². The average molecular weight is 367 g/mol. The Balaban J connectivity index is 1.49. The molecule has 2 heterocycles. The first-order chi connectivity index (χ1) is 13.3. The Morgan fingerprint density at radius 1 is 1.04 bits per heavy atom. The van der Waals surface area contributed by atoms with Gasteiger partial charge in [-0.3, -0.25) is 4.90 Å². The molecule has 6 heteroatoms. The number of methoxy groups -OCH3 is 1. The van der Waals surface area contributed by atoms with E-state index in [1.807, 2.05) is 30.3 Å². The first-order valence-electron chi connectivity index (χ1n) is 9.34. The van der Waals surface area contributed by atoms with Crippen molar-refractivity contribution in [2.45, 2.75) is 13.1 Å². The van der Waals surface area contributed by atoms with Crippen LogP contribution >= 0.6 is 0 Å². The lowest BCUT2D eigenvalue weighted by Crippen LogP contribution is -2.36. The highest BCUT2D eigenvalue weighted by Crippen LogP contribution is 2.20. The van der Waals surface area contributed by atoms with Crippen molar-refractivity contribution < 1.29 is 14.2 Å². The molecule has 0 bridgehead atoms. The van der Waals surface area contributed by atoms with Gasteiger partial charge in [0.25, 0.3) is 0 Å². The third kappa shape index (κ3) is 4.23. The second-order valence-electron chi connectivity index (χ2n) is 6.58. The molecular weight excluding hydrogens is 342 g/mol. The molecule has 1 aliphatic heterocycles. The Morgan fingerprint density at radius 2 is 1.85 bits per heavy atom. The number of fused-ring (bicyclic) bond motifs is 1. The summed E-state index contributed by atoms with van der Waals surface area (Å²) in [6.07, 6.45) is 0. The van der Waals surface area contributed by atoms with Crippen molar-refractivity contribution in [1.29, 1.82) is 0 Å². The Hall–Kier alpha value is -2.57. The Labute approximate surface area is 159 Å². The van der Waals surface area contributed by atoms with Crippen LogP contribution in [0.1, 0.15) is 5.82 Å². The molecule has 4 rings (SSSR count). The van der Waals surface area contributed by atoms with Crippen molar-refractivity contribution in [1.82, 2.24) is 14.5 Å². The topological polar surface area (TPSA) is 48.8 Å². The highest BCUT2D eigenvalue weighted by Gasteiger charge is 2.16. The average Bonchev–Trinajstić information content (AvgIpc) is 3.06. The monoisotopic (exact) mass is 367 g/mol. The lowest BCUT2D eigenvalue weighted by molar-refractivity contribution is 0.0326. The Kier molecular flexibility index (Phi) is 5.55. The molecule has 2 aromatic carbocycles. The molecule has 0 N–H and O–H groups in total. The zero-order chi connectivity index (χ0) is 18.5. The molecule has 0 amide bonds. The third-order valence-electron chi connectivity index (χ3n) is 4.83. The van der Waals surface area contributed by atoms with Crippen LogP contribution in [-0.2, 0) is 17.8 Å². The number of imidazole rings is 1. The molecule has 1 saturated heterocycles. The molecule has 27 heavy (non-hydrogen) atoms. The van der Waals surface area contributed by atoms with Crippen LogP contribution in [0.3, 0.4) is 0 Å². The number of aromatic nitrogens is 2. The van der Waals surface area contributed by atoms with Crippen molar-refractivity contribution >= 4 is 11.0 Å². The number of benzene rings is 2. The number of hydrogen-bond donors (Lipinski definition) is 0. The molecule has 0 saturated carbocycles. The second kappa shape index (κ2) is 8.41. The van der Waals surface area contributed by atoms with Gasteiger partial charge in [0.1, 0.15) is 23.9 Å². The summed E-state index contributed by atoms with van der Waals surface area (Å²) in [6.45, 7) is 5.63. The number of hydrogen-bond acceptors (Lipinski definition) is 5. The molecule has 1 aliphatic rings. The van der Waals surface area contributed by atoms with E-state index in [-0.39, 0.29) is 0 Å². The summed E-state index contributed by atoms with van der Waals surface area (Å²) in [5.41, 5.74) is 2.18. The Morgan fingerprint density at radius 3 is 2.70 bits per heavy atom. The lowest BCUT2D eigenvalue weighted by Gasteiger charge is -2.26. The minimum Gasteiger partial charge on any atom is -0.497 e. The zero-order valence-electron chi connectivity index (χ0n) is 15.6. The second-order valence-corrected chi connectivity index (χ2v) is 6.58. The molecule has 0 atom stereocenters. The van der Waals surface area contributed by atoms with Gasteiger partial charge in [-0.05, 0) is 24.3 Å². The lowest BCUT2D eigenvalue weighted by atomic mass is 10.3.